The molecule has 0 aliphatic heterocycles. The summed E-state index contributed by atoms with van der Waals surface area (Å²) in [7, 11) is 0. The second-order valence-corrected chi connectivity index (χ2v) is 5.26. The molecule has 1 aliphatic rings. The average molecular weight is 263 g/mol. The first-order valence-corrected chi connectivity index (χ1v) is 6.67. The van der Waals surface area contributed by atoms with Crippen molar-refractivity contribution in [1.29, 1.82) is 5.41 Å². The highest BCUT2D eigenvalue weighted by molar-refractivity contribution is 5.77. The van der Waals surface area contributed by atoms with Crippen molar-refractivity contribution in [2.75, 3.05) is 11.4 Å². The molecule has 2 rings (SSSR count). The van der Waals surface area contributed by atoms with Crippen LogP contribution in [0.15, 0.2) is 17.2 Å². The number of nitrogens with two attached hydrogens (primary N) is 1. The zero-order chi connectivity index (χ0) is 14.0. The van der Waals surface area contributed by atoms with Crippen LogP contribution in [0, 0.1) is 5.41 Å². The predicted octanol–water partition coefficient (Wildman–Crippen LogP) is 1.12. The molecule has 1 heterocycles. The molecule has 0 amide bonds. The fourth-order valence-electron chi connectivity index (χ4n) is 2.11. The van der Waals surface area contributed by atoms with Crippen molar-refractivity contribution < 1.29 is 0 Å². The van der Waals surface area contributed by atoms with E-state index < -0.39 is 0 Å². The Bertz CT molecular complexity index is 518. The molecule has 1 aromatic heterocycles. The Hall–Kier alpha value is -1.85. The number of aromatic nitrogens is 2. The first-order chi connectivity index (χ1) is 9.00. The summed E-state index contributed by atoms with van der Waals surface area (Å²) >= 11 is 0. The highest BCUT2D eigenvalue weighted by atomic mass is 16.1. The minimum Gasteiger partial charge on any atom is -0.388 e. The molecular weight excluding hydrogens is 242 g/mol. The van der Waals surface area contributed by atoms with Gasteiger partial charge < -0.3 is 15.2 Å². The van der Waals surface area contributed by atoms with E-state index in [9.17, 15) is 4.79 Å². The zero-order valence-corrected chi connectivity index (χ0v) is 11.5. The van der Waals surface area contributed by atoms with Crippen LogP contribution in [-0.2, 0) is 0 Å². The van der Waals surface area contributed by atoms with E-state index in [1.165, 1.54) is 0 Å². The normalized spacial score (nSPS) is 14.7. The fraction of sp³-hybridized carbons (Fsp3) is 0.615. The van der Waals surface area contributed by atoms with Crippen LogP contribution in [0.4, 0.5) is 5.82 Å². The van der Waals surface area contributed by atoms with Gasteiger partial charge in [0.05, 0.1) is 5.84 Å². The summed E-state index contributed by atoms with van der Waals surface area (Å²) in [6, 6.07) is 0.491. The van der Waals surface area contributed by atoms with E-state index in [4.69, 9.17) is 11.1 Å². The number of rotatable bonds is 6. The molecule has 1 saturated carbocycles. The van der Waals surface area contributed by atoms with Gasteiger partial charge in [0.15, 0.2) is 5.82 Å². The lowest BCUT2D eigenvalue weighted by atomic mass is 10.3. The van der Waals surface area contributed by atoms with Gasteiger partial charge in [-0.15, -0.1) is 0 Å². The number of hydrogen-bond donors (Lipinski definition) is 2. The van der Waals surface area contributed by atoms with E-state index in [-0.39, 0.29) is 17.4 Å². The summed E-state index contributed by atoms with van der Waals surface area (Å²) in [6.45, 7) is 4.54. The maximum absolute atomic E-state index is 12.4. The van der Waals surface area contributed by atoms with E-state index in [2.05, 4.69) is 4.98 Å². The molecule has 0 spiro atoms. The maximum atomic E-state index is 12.4. The quantitative estimate of drug-likeness (QED) is 0.594. The van der Waals surface area contributed by atoms with Gasteiger partial charge in [0, 0.05) is 37.4 Å². The second-order valence-electron chi connectivity index (χ2n) is 5.26. The zero-order valence-electron chi connectivity index (χ0n) is 11.5. The SMILES string of the molecule is CC(C)n1ccnc(N(CCC(=N)N)C2CC2)c1=O. The molecule has 1 fully saturated rings. The van der Waals surface area contributed by atoms with Crippen molar-refractivity contribution in [2.45, 2.75) is 45.2 Å². The topological polar surface area (TPSA) is 88.0 Å². The summed E-state index contributed by atoms with van der Waals surface area (Å²) < 4.78 is 1.69. The Morgan fingerprint density at radius 2 is 2.32 bits per heavy atom. The average Bonchev–Trinajstić information content (AvgIpc) is 3.15. The Morgan fingerprint density at radius 1 is 1.63 bits per heavy atom. The lowest BCUT2D eigenvalue weighted by Gasteiger charge is -2.23. The van der Waals surface area contributed by atoms with Crippen LogP contribution in [0.5, 0.6) is 0 Å². The molecule has 0 bridgehead atoms. The minimum atomic E-state index is -0.0621. The van der Waals surface area contributed by atoms with Gasteiger partial charge in [0.1, 0.15) is 0 Å². The first kappa shape index (κ1) is 13.6. The molecule has 0 atom stereocenters. The van der Waals surface area contributed by atoms with Crippen molar-refractivity contribution in [3.8, 4) is 0 Å². The third-order valence-electron chi connectivity index (χ3n) is 3.29. The van der Waals surface area contributed by atoms with Crippen LogP contribution in [0.1, 0.15) is 39.2 Å². The summed E-state index contributed by atoms with van der Waals surface area (Å²) in [5, 5.41) is 7.32. The number of amidine groups is 1. The third kappa shape index (κ3) is 3.13. The van der Waals surface area contributed by atoms with Crippen LogP contribution in [0.3, 0.4) is 0 Å². The lowest BCUT2D eigenvalue weighted by Crippen LogP contribution is -2.37. The third-order valence-corrected chi connectivity index (χ3v) is 3.29. The molecule has 0 saturated heterocycles. The molecule has 0 unspecified atom stereocenters. The summed E-state index contributed by atoms with van der Waals surface area (Å²) in [4.78, 5) is 18.6. The Balaban J connectivity index is 2.29. The van der Waals surface area contributed by atoms with Crippen LogP contribution in [-0.4, -0.2) is 28.0 Å². The van der Waals surface area contributed by atoms with Gasteiger partial charge in [-0.1, -0.05) is 0 Å². The van der Waals surface area contributed by atoms with E-state index in [0.717, 1.165) is 12.8 Å². The van der Waals surface area contributed by atoms with E-state index in [1.807, 2.05) is 18.7 Å². The van der Waals surface area contributed by atoms with Crippen molar-refractivity contribution in [3.63, 3.8) is 0 Å². The number of nitrogens with one attached hydrogen (secondary N) is 1. The highest BCUT2D eigenvalue weighted by Gasteiger charge is 2.31. The maximum Gasteiger partial charge on any atom is 0.293 e. The van der Waals surface area contributed by atoms with Crippen molar-refractivity contribution in [2.24, 2.45) is 5.73 Å². The number of nitrogens with zero attached hydrogens (tertiary/aromatic N) is 3. The van der Waals surface area contributed by atoms with Crippen molar-refractivity contribution >= 4 is 11.7 Å². The molecule has 19 heavy (non-hydrogen) atoms. The highest BCUT2D eigenvalue weighted by Crippen LogP contribution is 2.29. The molecular formula is C13H21N5O. The molecule has 6 heteroatoms. The van der Waals surface area contributed by atoms with E-state index in [1.54, 1.807) is 17.0 Å². The number of hydrogen-bond acceptors (Lipinski definition) is 4. The standard InChI is InChI=1S/C13H21N5O/c1-9(2)17-8-6-16-12(13(17)19)18(10-3-4-10)7-5-11(14)15/h6,8-10H,3-5,7H2,1-2H3,(H3,14,15). The van der Waals surface area contributed by atoms with Gasteiger partial charge in [0.25, 0.3) is 5.56 Å². The van der Waals surface area contributed by atoms with E-state index >= 15 is 0 Å². The van der Waals surface area contributed by atoms with Crippen LogP contribution >= 0.6 is 0 Å². The summed E-state index contributed by atoms with van der Waals surface area (Å²) in [6.07, 6.45) is 6.01. The van der Waals surface area contributed by atoms with Crippen LogP contribution in [0.2, 0.25) is 0 Å². The summed E-state index contributed by atoms with van der Waals surface area (Å²) in [5.74, 6) is 0.630. The molecule has 0 aromatic carbocycles. The molecule has 1 aromatic rings. The smallest absolute Gasteiger partial charge is 0.293 e. The van der Waals surface area contributed by atoms with Gasteiger partial charge >= 0.3 is 0 Å². The van der Waals surface area contributed by atoms with Gasteiger partial charge in [-0.25, -0.2) is 4.98 Å². The number of anilines is 1. The monoisotopic (exact) mass is 263 g/mol. The van der Waals surface area contributed by atoms with Crippen LogP contribution < -0.4 is 16.2 Å². The van der Waals surface area contributed by atoms with Gasteiger partial charge in [-0.2, -0.15) is 0 Å². The Kier molecular flexibility index (Phi) is 3.87. The Morgan fingerprint density at radius 3 is 2.84 bits per heavy atom. The second kappa shape index (κ2) is 5.42. The lowest BCUT2D eigenvalue weighted by molar-refractivity contribution is 0.570. The summed E-state index contributed by atoms with van der Waals surface area (Å²) in [5.41, 5.74) is 5.35. The predicted molar refractivity (Wildman–Crippen MR) is 75.8 cm³/mol. The van der Waals surface area contributed by atoms with Gasteiger partial charge in [-0.3, -0.25) is 10.2 Å². The fourth-order valence-corrected chi connectivity index (χ4v) is 2.11. The van der Waals surface area contributed by atoms with Gasteiger partial charge in [-0.05, 0) is 26.7 Å². The van der Waals surface area contributed by atoms with Crippen molar-refractivity contribution in [1.82, 2.24) is 9.55 Å². The van der Waals surface area contributed by atoms with Gasteiger partial charge in [0.2, 0.25) is 0 Å². The molecule has 0 radical (unpaired) electrons. The molecule has 6 nitrogen and oxygen atoms in total. The first-order valence-electron chi connectivity index (χ1n) is 6.67. The van der Waals surface area contributed by atoms with Crippen LogP contribution in [0.25, 0.3) is 0 Å². The molecule has 1 aliphatic carbocycles. The minimum absolute atomic E-state index is 0.0621. The molecule has 104 valence electrons. The molecule has 3 N–H and O–H groups in total. The van der Waals surface area contributed by atoms with E-state index in [0.29, 0.717) is 24.8 Å². The Labute approximate surface area is 112 Å². The van der Waals surface area contributed by atoms with Crippen molar-refractivity contribution in [3.05, 3.63) is 22.7 Å². The largest absolute Gasteiger partial charge is 0.388 e.